The van der Waals surface area contributed by atoms with E-state index in [1.54, 1.807) is 0 Å². The van der Waals surface area contributed by atoms with Gasteiger partial charge in [-0.25, -0.2) is 0 Å². The van der Waals surface area contributed by atoms with Gasteiger partial charge in [0.15, 0.2) is 0 Å². The molecule has 0 saturated heterocycles. The molecule has 0 atom stereocenters. The fourth-order valence-electron chi connectivity index (χ4n) is 0.976. The number of likely N-dealkylation sites (N-methyl/N-ethyl adjacent to an activating group) is 1. The molecule has 0 fully saturated rings. The summed E-state index contributed by atoms with van der Waals surface area (Å²) >= 11 is 0. The van der Waals surface area contributed by atoms with Crippen LogP contribution in [0, 0.1) is 0 Å². The average Bonchev–Trinajstić information content (AvgIpc) is 2.05. The number of nitrogens with zero attached hydrogens (tertiary/aromatic N) is 1. The second-order valence-corrected chi connectivity index (χ2v) is 2.18. The highest BCUT2D eigenvalue weighted by molar-refractivity contribution is 5.73. The quantitative estimate of drug-likeness (QED) is 0.260. The van der Waals surface area contributed by atoms with E-state index < -0.39 is 0 Å². The van der Waals surface area contributed by atoms with Gasteiger partial charge in [0, 0.05) is 0 Å². The summed E-state index contributed by atoms with van der Waals surface area (Å²) < 4.78 is 2.16. The molecular formula is C8H18N3+. The second-order valence-electron chi connectivity index (χ2n) is 2.18. The second kappa shape index (κ2) is 5.77. The Morgan fingerprint density at radius 3 is 2.27 bits per heavy atom. The van der Waals surface area contributed by atoms with Crippen molar-refractivity contribution in [2.75, 3.05) is 27.2 Å². The number of hydrogen-bond acceptors (Lipinski definition) is 0. The van der Waals surface area contributed by atoms with Crippen LogP contribution < -0.4 is 10.6 Å². The van der Waals surface area contributed by atoms with Crippen LogP contribution in [0.5, 0.6) is 0 Å². The minimum atomic E-state index is 0.869. The van der Waals surface area contributed by atoms with Crippen molar-refractivity contribution in [2.45, 2.75) is 6.92 Å². The number of hydrogen-bond donors (Lipinski definition) is 2. The van der Waals surface area contributed by atoms with Crippen LogP contribution in [0.25, 0.3) is 0 Å². The topological polar surface area (TPSA) is 27.1 Å². The summed E-state index contributed by atoms with van der Waals surface area (Å²) in [5.41, 5.74) is 0. The van der Waals surface area contributed by atoms with Crippen molar-refractivity contribution in [1.82, 2.24) is 10.6 Å². The lowest BCUT2D eigenvalue weighted by atomic mass is 10.5. The number of rotatable bonds is 3. The van der Waals surface area contributed by atoms with Crippen LogP contribution >= 0.6 is 0 Å². The van der Waals surface area contributed by atoms with E-state index in [4.69, 9.17) is 0 Å². The molecule has 0 heterocycles. The molecule has 0 spiro atoms. The first-order valence-corrected chi connectivity index (χ1v) is 3.88. The van der Waals surface area contributed by atoms with Gasteiger partial charge in [0.05, 0.1) is 27.2 Å². The van der Waals surface area contributed by atoms with Crippen molar-refractivity contribution in [3.05, 3.63) is 12.7 Å². The maximum atomic E-state index is 3.69. The highest BCUT2D eigenvalue weighted by Gasteiger charge is 2.03. The molecule has 0 aromatic rings. The van der Waals surface area contributed by atoms with Gasteiger partial charge in [-0.15, -0.1) is 0 Å². The van der Waals surface area contributed by atoms with E-state index in [0.29, 0.717) is 0 Å². The Morgan fingerprint density at radius 2 is 2.00 bits per heavy atom. The first-order valence-electron chi connectivity index (χ1n) is 3.88. The van der Waals surface area contributed by atoms with Gasteiger partial charge in [-0.3, -0.25) is 15.2 Å². The van der Waals surface area contributed by atoms with Crippen molar-refractivity contribution in [2.24, 2.45) is 0 Å². The van der Waals surface area contributed by atoms with Gasteiger partial charge in [0.25, 0.3) is 0 Å². The molecular weight excluding hydrogens is 138 g/mol. The van der Waals surface area contributed by atoms with E-state index in [1.807, 2.05) is 20.2 Å². The zero-order valence-corrected chi connectivity index (χ0v) is 7.65. The summed E-state index contributed by atoms with van der Waals surface area (Å²) in [6.45, 7) is 7.64. The molecule has 0 radical (unpaired) electrons. The molecule has 0 aliphatic carbocycles. The third kappa shape index (κ3) is 3.07. The van der Waals surface area contributed by atoms with Crippen LogP contribution in [0.1, 0.15) is 6.92 Å². The highest BCUT2D eigenvalue weighted by atomic mass is 15.2. The van der Waals surface area contributed by atoms with Gasteiger partial charge in [0.2, 0.25) is 0 Å². The van der Waals surface area contributed by atoms with Crippen LogP contribution in [0.4, 0.5) is 0 Å². The van der Waals surface area contributed by atoms with Gasteiger partial charge < -0.3 is 0 Å². The summed E-state index contributed by atoms with van der Waals surface area (Å²) in [4.78, 5) is 0. The summed E-state index contributed by atoms with van der Waals surface area (Å²) in [5.74, 6) is 1.03. The molecule has 0 aliphatic heterocycles. The van der Waals surface area contributed by atoms with Crippen molar-refractivity contribution >= 4 is 5.96 Å². The maximum Gasteiger partial charge on any atom is 0.345 e. The number of guanidine groups is 1. The fraction of sp³-hybridized carbons (Fsp3) is 0.625. The maximum absolute atomic E-state index is 3.69. The predicted molar refractivity (Wildman–Crippen MR) is 49.0 cm³/mol. The van der Waals surface area contributed by atoms with E-state index in [-0.39, 0.29) is 0 Å². The molecule has 3 nitrogen and oxygen atoms in total. The smallest absolute Gasteiger partial charge is 0.281 e. The lowest BCUT2D eigenvalue weighted by Crippen LogP contribution is -2.41. The molecule has 2 N–H and O–H groups in total. The Balaban J connectivity index is 4.33. The highest BCUT2D eigenvalue weighted by Crippen LogP contribution is 1.76. The third-order valence-electron chi connectivity index (χ3n) is 1.52. The SMILES string of the molecule is C=CC[N+](CC)=C(NC)NC. The van der Waals surface area contributed by atoms with Crippen molar-refractivity contribution in [3.8, 4) is 0 Å². The number of nitrogens with one attached hydrogen (secondary N) is 2. The minimum Gasteiger partial charge on any atom is -0.281 e. The molecule has 0 unspecified atom stereocenters. The van der Waals surface area contributed by atoms with Gasteiger partial charge in [-0.1, -0.05) is 12.7 Å². The molecule has 3 heteroatoms. The predicted octanol–water partition coefficient (Wildman–Crippen LogP) is -0.000400. The van der Waals surface area contributed by atoms with Gasteiger partial charge in [-0.2, -0.15) is 0 Å². The van der Waals surface area contributed by atoms with Crippen LogP contribution in [-0.4, -0.2) is 37.7 Å². The molecule has 11 heavy (non-hydrogen) atoms. The van der Waals surface area contributed by atoms with E-state index in [2.05, 4.69) is 28.7 Å². The first-order chi connectivity index (χ1) is 5.29. The normalized spacial score (nSPS) is 8.64. The Hall–Kier alpha value is -0.990. The van der Waals surface area contributed by atoms with Crippen LogP contribution in [0.3, 0.4) is 0 Å². The summed E-state index contributed by atoms with van der Waals surface area (Å²) in [5, 5.41) is 6.14. The Bertz CT molecular complexity index is 143. The Labute approximate surface area is 68.8 Å². The van der Waals surface area contributed by atoms with Crippen molar-refractivity contribution in [1.29, 1.82) is 0 Å². The molecule has 0 saturated carbocycles. The molecule has 0 aromatic heterocycles. The van der Waals surface area contributed by atoms with E-state index in [9.17, 15) is 0 Å². The Morgan fingerprint density at radius 1 is 1.45 bits per heavy atom. The van der Waals surface area contributed by atoms with Crippen LogP contribution in [-0.2, 0) is 0 Å². The molecule has 0 aliphatic rings. The molecule has 0 rings (SSSR count). The fourth-order valence-corrected chi connectivity index (χ4v) is 0.976. The van der Waals surface area contributed by atoms with E-state index in [0.717, 1.165) is 19.0 Å². The Kier molecular flexibility index (Phi) is 5.25. The zero-order valence-electron chi connectivity index (χ0n) is 7.65. The van der Waals surface area contributed by atoms with E-state index in [1.165, 1.54) is 0 Å². The van der Waals surface area contributed by atoms with Crippen molar-refractivity contribution < 1.29 is 4.58 Å². The van der Waals surface area contributed by atoms with Gasteiger partial charge in [-0.05, 0) is 6.92 Å². The summed E-state index contributed by atoms with van der Waals surface area (Å²) in [7, 11) is 3.80. The minimum absolute atomic E-state index is 0.869. The van der Waals surface area contributed by atoms with Crippen LogP contribution in [0.15, 0.2) is 12.7 Å². The lowest BCUT2D eigenvalue weighted by molar-refractivity contribution is -0.517. The molecule has 0 bridgehead atoms. The first kappa shape index (κ1) is 10.0. The van der Waals surface area contributed by atoms with Gasteiger partial charge in [0.1, 0.15) is 0 Å². The molecule has 64 valence electrons. The molecule has 0 aromatic carbocycles. The monoisotopic (exact) mass is 156 g/mol. The summed E-state index contributed by atoms with van der Waals surface area (Å²) in [6, 6.07) is 0. The standard InChI is InChI=1S/C8H17N3/c1-5-7-11(6-2)8(9-3)10-4/h5H,1,6-7H2,2-4H3,(H,9,10)/p+1. The average molecular weight is 156 g/mol. The summed E-state index contributed by atoms with van der Waals surface area (Å²) in [6.07, 6.45) is 1.89. The third-order valence-corrected chi connectivity index (χ3v) is 1.52. The van der Waals surface area contributed by atoms with Crippen molar-refractivity contribution in [3.63, 3.8) is 0 Å². The zero-order chi connectivity index (χ0) is 8.69. The van der Waals surface area contributed by atoms with Gasteiger partial charge >= 0.3 is 5.96 Å². The lowest BCUT2D eigenvalue weighted by Gasteiger charge is -2.07. The largest absolute Gasteiger partial charge is 0.345 e. The van der Waals surface area contributed by atoms with Crippen LogP contribution in [0.2, 0.25) is 0 Å². The van der Waals surface area contributed by atoms with E-state index >= 15 is 0 Å². The molecule has 0 amide bonds.